The molecule has 0 amide bonds. The number of hydrogen-bond acceptors (Lipinski definition) is 16. The van der Waals surface area contributed by atoms with Crippen molar-refractivity contribution < 1.29 is 66.0 Å². The van der Waals surface area contributed by atoms with Gasteiger partial charge in [0.15, 0.2) is 0 Å². The van der Waals surface area contributed by atoms with Gasteiger partial charge in [-0.15, -0.1) is 0 Å². The molecule has 132 heavy (non-hydrogen) atoms. The van der Waals surface area contributed by atoms with E-state index in [9.17, 15) is 0 Å². The number of aromatic nitrogens is 16. The molecule has 24 aromatic rings. The van der Waals surface area contributed by atoms with Gasteiger partial charge in [-0.25, -0.2) is 0 Å². The van der Waals surface area contributed by atoms with Gasteiger partial charge in [0.1, 0.15) is 0 Å². The van der Waals surface area contributed by atoms with Gasteiger partial charge in [-0.05, 0) is 208 Å². The molecular formula is C112H96N16Ni4. The molecule has 0 saturated heterocycles. The Morgan fingerprint density at radius 2 is 0.129 bits per heavy atom. The molecule has 8 aromatic carbocycles. The predicted octanol–water partition coefficient (Wildman–Crippen LogP) is 27.2. The van der Waals surface area contributed by atoms with E-state index in [-0.39, 0.29) is 66.0 Å². The molecule has 0 fully saturated rings. The quantitative estimate of drug-likeness (QED) is 0.102. The maximum absolute atomic E-state index is 4.58. The minimum atomic E-state index is 0. The molecular weight excluding hydrogens is 1800 g/mol. The first-order valence-corrected chi connectivity index (χ1v) is 43.0. The van der Waals surface area contributed by atoms with Gasteiger partial charge >= 0.3 is 0 Å². The summed E-state index contributed by atoms with van der Waals surface area (Å²) in [6, 6.07) is 99.7. The second-order valence-corrected chi connectivity index (χ2v) is 32.9. The van der Waals surface area contributed by atoms with Crippen LogP contribution in [-0.4, -0.2) is 79.7 Å². The largest absolute Gasteiger partial charge is 0.251 e. The van der Waals surface area contributed by atoms with E-state index in [4.69, 9.17) is 0 Å². The number of benzene rings is 8. The molecule has 0 spiro atoms. The van der Waals surface area contributed by atoms with Gasteiger partial charge in [0.2, 0.25) is 0 Å². The fourth-order valence-corrected chi connectivity index (χ4v) is 15.7. The molecule has 20 heteroatoms. The van der Waals surface area contributed by atoms with Crippen LogP contribution < -0.4 is 0 Å². The number of fused-ring (bicyclic) bond motifs is 24. The minimum Gasteiger partial charge on any atom is -0.251 e. The maximum Gasteiger partial charge on any atom is 0.0967 e. The van der Waals surface area contributed by atoms with Crippen molar-refractivity contribution in [3.05, 3.63) is 382 Å². The van der Waals surface area contributed by atoms with E-state index < -0.39 is 0 Å². The summed E-state index contributed by atoms with van der Waals surface area (Å²) < 4.78 is 0. The van der Waals surface area contributed by atoms with Crippen LogP contribution >= 0.6 is 0 Å². The third kappa shape index (κ3) is 21.8. The molecule has 0 saturated carbocycles. The van der Waals surface area contributed by atoms with Gasteiger partial charge in [-0.2, -0.15) is 0 Å². The zero-order valence-electron chi connectivity index (χ0n) is 76.1. The first-order valence-electron chi connectivity index (χ1n) is 43.0. The molecule has 16 heterocycles. The fourth-order valence-electron chi connectivity index (χ4n) is 15.7. The fraction of sp³-hybridized carbons (Fsp3) is 0.143. The SMILES string of the molecule is Cc1ccc2ccc3ccc(C)nc3c2n1.Cc1ccc2ccc3ccc(C)nc3c2n1.Cc1ccc2ccc3ccc(C)nc3c2n1.Cc1ccc2ccc3ccc(C)nc3c2n1.Cc1ccc2ccc3ccc(C)nc3c2n1.Cc1ccc2ccc3ccc(C)nc3c2n1.Cc1ccc2ccc3ccc(C)nc3c2n1.Cc1ccc2ccc3ccc(C)nc3c2n1.[Ni].[Ni].[Ni].[Ni]. The molecule has 0 unspecified atom stereocenters. The first kappa shape index (κ1) is 95.9. The summed E-state index contributed by atoms with van der Waals surface area (Å²) in [5.41, 5.74) is 32.5. The maximum atomic E-state index is 4.58. The zero-order chi connectivity index (χ0) is 89.0. The minimum absolute atomic E-state index is 0. The Hall–Kier alpha value is -13.7. The second kappa shape index (κ2) is 42.0. The molecule has 0 aliphatic heterocycles. The Bertz CT molecular complexity index is 6510. The Kier molecular flexibility index (Phi) is 30.5. The summed E-state index contributed by atoms with van der Waals surface area (Å²) in [7, 11) is 0. The van der Waals surface area contributed by atoms with Crippen molar-refractivity contribution in [3.8, 4) is 0 Å². The molecule has 16 nitrogen and oxygen atoms in total. The van der Waals surface area contributed by atoms with Crippen molar-refractivity contribution >= 4 is 174 Å². The summed E-state index contributed by atoms with van der Waals surface area (Å²) in [5, 5.41) is 18.4. The Morgan fingerprint density at radius 3 is 0.182 bits per heavy atom. The molecule has 0 N–H and O–H groups in total. The molecule has 0 aliphatic carbocycles. The Balaban J connectivity index is 0.000000128. The van der Waals surface area contributed by atoms with Crippen LogP contribution in [0.3, 0.4) is 0 Å². The van der Waals surface area contributed by atoms with Gasteiger partial charge in [0, 0.05) is 243 Å². The van der Waals surface area contributed by atoms with E-state index in [1.54, 1.807) is 0 Å². The Morgan fingerprint density at radius 1 is 0.0833 bits per heavy atom. The summed E-state index contributed by atoms with van der Waals surface area (Å²) in [4.78, 5) is 73.3. The van der Waals surface area contributed by atoms with Crippen LogP contribution in [0.2, 0.25) is 0 Å². The van der Waals surface area contributed by atoms with Gasteiger partial charge in [0.25, 0.3) is 0 Å². The predicted molar refractivity (Wildman–Crippen MR) is 532 cm³/mol. The average Bonchev–Trinajstić information content (AvgIpc) is 0.829. The van der Waals surface area contributed by atoms with E-state index >= 15 is 0 Å². The summed E-state index contributed by atoms with van der Waals surface area (Å²) in [6.45, 7) is 32.1. The van der Waals surface area contributed by atoms with Crippen molar-refractivity contribution in [1.82, 2.24) is 79.7 Å². The smallest absolute Gasteiger partial charge is 0.0967 e. The van der Waals surface area contributed by atoms with Gasteiger partial charge < -0.3 is 0 Å². The van der Waals surface area contributed by atoms with Crippen LogP contribution in [0, 0.1) is 111 Å². The van der Waals surface area contributed by atoms with Gasteiger partial charge in [0.05, 0.1) is 88.3 Å². The monoisotopic (exact) mass is 1900 g/mol. The average molecular weight is 1900 g/mol. The van der Waals surface area contributed by atoms with E-state index in [1.807, 2.05) is 208 Å². The number of nitrogens with zero attached hydrogens (tertiary/aromatic N) is 16. The van der Waals surface area contributed by atoms with Crippen LogP contribution in [0.1, 0.15) is 91.1 Å². The van der Waals surface area contributed by atoms with Crippen molar-refractivity contribution in [1.29, 1.82) is 0 Å². The van der Waals surface area contributed by atoms with E-state index in [0.29, 0.717) is 0 Å². The third-order valence-electron chi connectivity index (χ3n) is 22.4. The zero-order valence-corrected chi connectivity index (χ0v) is 80.1. The van der Waals surface area contributed by atoms with Crippen LogP contribution in [0.5, 0.6) is 0 Å². The van der Waals surface area contributed by atoms with Crippen LogP contribution in [0.25, 0.3) is 174 Å². The molecule has 16 aromatic heterocycles. The van der Waals surface area contributed by atoms with Crippen molar-refractivity contribution in [2.24, 2.45) is 0 Å². The first-order chi connectivity index (χ1) is 61.9. The molecule has 0 bridgehead atoms. The van der Waals surface area contributed by atoms with E-state index in [0.717, 1.165) is 266 Å². The normalized spacial score (nSPS) is 10.8. The summed E-state index contributed by atoms with van der Waals surface area (Å²) in [6.07, 6.45) is 0. The van der Waals surface area contributed by atoms with E-state index in [2.05, 4.69) is 274 Å². The van der Waals surface area contributed by atoms with Crippen molar-refractivity contribution in [2.75, 3.05) is 0 Å². The molecule has 24 rings (SSSR count). The van der Waals surface area contributed by atoms with Crippen molar-refractivity contribution in [3.63, 3.8) is 0 Å². The topological polar surface area (TPSA) is 206 Å². The molecule has 0 radical (unpaired) electrons. The number of rotatable bonds is 0. The number of aryl methyl sites for hydroxylation is 16. The molecule has 0 atom stereocenters. The Labute approximate surface area is 806 Å². The van der Waals surface area contributed by atoms with Crippen LogP contribution in [0.4, 0.5) is 0 Å². The van der Waals surface area contributed by atoms with Crippen molar-refractivity contribution in [2.45, 2.75) is 111 Å². The number of hydrogen-bond donors (Lipinski definition) is 0. The van der Waals surface area contributed by atoms with E-state index in [1.165, 1.54) is 0 Å². The number of pyridine rings is 16. The summed E-state index contributed by atoms with van der Waals surface area (Å²) >= 11 is 0. The molecule has 0 aliphatic rings. The van der Waals surface area contributed by atoms with Gasteiger partial charge in [-0.1, -0.05) is 194 Å². The van der Waals surface area contributed by atoms with Crippen LogP contribution in [-0.2, 0) is 66.0 Å². The van der Waals surface area contributed by atoms with Gasteiger partial charge in [-0.3, -0.25) is 79.7 Å². The van der Waals surface area contributed by atoms with Crippen LogP contribution in [0.15, 0.2) is 291 Å². The third-order valence-corrected chi connectivity index (χ3v) is 22.4. The summed E-state index contributed by atoms with van der Waals surface area (Å²) in [5.74, 6) is 0. The second-order valence-electron chi connectivity index (χ2n) is 32.9. The standard InChI is InChI=1S/8C14H12N2.4Ni/c8*1-9-3-5-11-7-8-12-6-4-10(2)16-14(12)13(11)15-9;;;;/h8*3-8H,1-2H3;;;;. The molecule has 664 valence electrons.